The molecule has 0 radical (unpaired) electrons. The summed E-state index contributed by atoms with van der Waals surface area (Å²) in [6.45, 7) is 2.87. The van der Waals surface area contributed by atoms with E-state index in [2.05, 4.69) is 6.92 Å². The van der Waals surface area contributed by atoms with E-state index in [0.29, 0.717) is 12.5 Å². The highest BCUT2D eigenvalue weighted by atomic mass is 16.2. The van der Waals surface area contributed by atoms with E-state index in [1.807, 2.05) is 0 Å². The lowest BCUT2D eigenvalue weighted by molar-refractivity contribution is -0.137. The van der Waals surface area contributed by atoms with Crippen LogP contribution in [0.3, 0.4) is 0 Å². The first kappa shape index (κ1) is 10.4. The first-order chi connectivity index (χ1) is 7.16. The number of amides is 2. The van der Waals surface area contributed by atoms with Crippen LogP contribution in [0.5, 0.6) is 0 Å². The van der Waals surface area contributed by atoms with E-state index in [0.717, 1.165) is 18.8 Å². The Morgan fingerprint density at radius 1 is 1.27 bits per heavy atom. The van der Waals surface area contributed by atoms with E-state index in [1.54, 1.807) is 0 Å². The average Bonchev–Trinajstić information content (AvgIpc) is 2.50. The van der Waals surface area contributed by atoms with Crippen molar-refractivity contribution in [3.63, 3.8) is 0 Å². The molecule has 1 saturated carbocycles. The summed E-state index contributed by atoms with van der Waals surface area (Å²) >= 11 is 0. The minimum atomic E-state index is -0.141. The molecule has 0 aromatic rings. The molecule has 1 aliphatic carbocycles. The summed E-state index contributed by atoms with van der Waals surface area (Å²) in [7, 11) is 0. The van der Waals surface area contributed by atoms with Gasteiger partial charge in [0.05, 0.1) is 0 Å². The Bertz CT molecular complexity index is 291. The van der Waals surface area contributed by atoms with Gasteiger partial charge in [-0.1, -0.05) is 19.8 Å². The first-order valence-corrected chi connectivity index (χ1v) is 5.70. The molecule has 3 heteroatoms. The van der Waals surface area contributed by atoms with Gasteiger partial charge in [-0.15, -0.1) is 0 Å². The van der Waals surface area contributed by atoms with Gasteiger partial charge in [0.25, 0.3) is 11.8 Å². The van der Waals surface area contributed by atoms with Crippen molar-refractivity contribution in [2.75, 3.05) is 6.54 Å². The summed E-state index contributed by atoms with van der Waals surface area (Å²) in [5, 5.41) is 0. The van der Waals surface area contributed by atoms with Gasteiger partial charge in [0.1, 0.15) is 0 Å². The molecule has 3 nitrogen and oxygen atoms in total. The minimum absolute atomic E-state index is 0.141. The fourth-order valence-electron chi connectivity index (χ4n) is 2.59. The summed E-state index contributed by atoms with van der Waals surface area (Å²) in [4.78, 5) is 24.1. The number of rotatable bonds is 2. The van der Waals surface area contributed by atoms with Crippen LogP contribution in [0.4, 0.5) is 0 Å². The Morgan fingerprint density at radius 3 is 2.53 bits per heavy atom. The molecular formula is C12H17NO2. The third-order valence-corrected chi connectivity index (χ3v) is 3.39. The number of nitrogens with zero attached hydrogens (tertiary/aromatic N) is 1. The first-order valence-electron chi connectivity index (χ1n) is 5.70. The van der Waals surface area contributed by atoms with Crippen molar-refractivity contribution in [2.45, 2.75) is 32.6 Å². The maximum Gasteiger partial charge on any atom is 0.253 e. The van der Waals surface area contributed by atoms with E-state index in [9.17, 15) is 9.59 Å². The lowest BCUT2D eigenvalue weighted by Gasteiger charge is -2.29. The summed E-state index contributed by atoms with van der Waals surface area (Å²) in [5.41, 5.74) is 0. The van der Waals surface area contributed by atoms with Gasteiger partial charge < -0.3 is 0 Å². The fraction of sp³-hybridized carbons (Fsp3) is 0.667. The molecule has 0 bridgehead atoms. The molecule has 0 aromatic heterocycles. The molecule has 2 aliphatic rings. The van der Waals surface area contributed by atoms with Crippen molar-refractivity contribution >= 4 is 11.8 Å². The Morgan fingerprint density at radius 2 is 1.93 bits per heavy atom. The zero-order valence-electron chi connectivity index (χ0n) is 9.11. The van der Waals surface area contributed by atoms with E-state index in [1.165, 1.54) is 29.9 Å². The van der Waals surface area contributed by atoms with Crippen molar-refractivity contribution < 1.29 is 9.59 Å². The predicted molar refractivity (Wildman–Crippen MR) is 57.0 cm³/mol. The van der Waals surface area contributed by atoms with Crippen molar-refractivity contribution in [2.24, 2.45) is 11.8 Å². The maximum absolute atomic E-state index is 11.4. The molecule has 0 saturated heterocycles. The van der Waals surface area contributed by atoms with Gasteiger partial charge in [-0.2, -0.15) is 0 Å². The molecule has 0 aromatic carbocycles. The second-order valence-electron chi connectivity index (χ2n) is 4.76. The molecule has 2 rings (SSSR count). The summed E-state index contributed by atoms with van der Waals surface area (Å²) < 4.78 is 0. The van der Waals surface area contributed by atoms with Crippen molar-refractivity contribution in [3.8, 4) is 0 Å². The highest BCUT2D eigenvalue weighted by molar-refractivity contribution is 6.12. The van der Waals surface area contributed by atoms with Gasteiger partial charge in [0, 0.05) is 18.7 Å². The molecule has 82 valence electrons. The Hall–Kier alpha value is -1.12. The van der Waals surface area contributed by atoms with E-state index >= 15 is 0 Å². The van der Waals surface area contributed by atoms with Gasteiger partial charge >= 0.3 is 0 Å². The zero-order chi connectivity index (χ0) is 10.8. The second kappa shape index (κ2) is 4.17. The molecule has 15 heavy (non-hydrogen) atoms. The van der Waals surface area contributed by atoms with Crippen LogP contribution in [0.1, 0.15) is 32.6 Å². The minimum Gasteiger partial charge on any atom is -0.275 e. The zero-order valence-corrected chi connectivity index (χ0v) is 9.11. The van der Waals surface area contributed by atoms with Gasteiger partial charge in [0.15, 0.2) is 0 Å². The quantitative estimate of drug-likeness (QED) is 0.647. The van der Waals surface area contributed by atoms with Crippen LogP contribution >= 0.6 is 0 Å². The Labute approximate surface area is 90.1 Å². The second-order valence-corrected chi connectivity index (χ2v) is 4.76. The Kier molecular flexibility index (Phi) is 2.89. The van der Waals surface area contributed by atoms with Crippen LogP contribution in [-0.4, -0.2) is 23.3 Å². The van der Waals surface area contributed by atoms with E-state index in [4.69, 9.17) is 0 Å². The molecule has 2 amide bonds. The van der Waals surface area contributed by atoms with Gasteiger partial charge in [-0.25, -0.2) is 0 Å². The van der Waals surface area contributed by atoms with Crippen molar-refractivity contribution in [3.05, 3.63) is 12.2 Å². The van der Waals surface area contributed by atoms with Gasteiger partial charge in [-0.3, -0.25) is 14.5 Å². The number of hydrogen-bond acceptors (Lipinski definition) is 2. The summed E-state index contributed by atoms with van der Waals surface area (Å²) in [6, 6.07) is 0. The van der Waals surface area contributed by atoms with Crippen LogP contribution < -0.4 is 0 Å². The van der Waals surface area contributed by atoms with Crippen LogP contribution in [0.2, 0.25) is 0 Å². The molecular weight excluding hydrogens is 190 g/mol. The van der Waals surface area contributed by atoms with E-state index < -0.39 is 0 Å². The number of carbonyl (C=O) groups is 2. The molecule has 0 N–H and O–H groups in total. The standard InChI is InChI=1S/C12H17NO2/c1-9-3-2-4-10(7-9)8-13-11(14)5-6-12(13)15/h5-6,9-10H,2-4,7-8H2,1H3. The number of hydrogen-bond donors (Lipinski definition) is 0. The highest BCUT2D eigenvalue weighted by Gasteiger charge is 2.28. The molecule has 1 heterocycles. The van der Waals surface area contributed by atoms with Crippen LogP contribution in [0.15, 0.2) is 12.2 Å². The topological polar surface area (TPSA) is 37.4 Å². The van der Waals surface area contributed by atoms with E-state index in [-0.39, 0.29) is 11.8 Å². The summed E-state index contributed by atoms with van der Waals surface area (Å²) in [5.74, 6) is 0.975. The van der Waals surface area contributed by atoms with Crippen LogP contribution in [0.25, 0.3) is 0 Å². The lowest BCUT2D eigenvalue weighted by atomic mass is 9.82. The van der Waals surface area contributed by atoms with Crippen molar-refractivity contribution in [1.29, 1.82) is 0 Å². The molecule has 1 fully saturated rings. The average molecular weight is 207 g/mol. The largest absolute Gasteiger partial charge is 0.275 e. The molecule has 1 aliphatic heterocycles. The Balaban J connectivity index is 1.91. The van der Waals surface area contributed by atoms with Crippen LogP contribution in [-0.2, 0) is 9.59 Å². The summed E-state index contributed by atoms with van der Waals surface area (Å²) in [6.07, 6.45) is 7.56. The maximum atomic E-state index is 11.4. The monoisotopic (exact) mass is 207 g/mol. The van der Waals surface area contributed by atoms with Gasteiger partial charge in [-0.05, 0) is 24.7 Å². The SMILES string of the molecule is CC1CCCC(CN2C(=O)C=CC2=O)C1. The van der Waals surface area contributed by atoms with Crippen molar-refractivity contribution in [1.82, 2.24) is 4.90 Å². The normalized spacial score (nSPS) is 31.4. The predicted octanol–water partition coefficient (Wildman–Crippen LogP) is 1.74. The van der Waals surface area contributed by atoms with Gasteiger partial charge in [0.2, 0.25) is 0 Å². The molecule has 2 unspecified atom stereocenters. The third kappa shape index (κ3) is 2.28. The third-order valence-electron chi connectivity index (χ3n) is 3.39. The molecule has 0 spiro atoms. The smallest absolute Gasteiger partial charge is 0.253 e. The number of imide groups is 1. The van der Waals surface area contributed by atoms with Crippen LogP contribution in [0, 0.1) is 11.8 Å². The fourth-order valence-corrected chi connectivity index (χ4v) is 2.59. The lowest BCUT2D eigenvalue weighted by Crippen LogP contribution is -2.36. The highest BCUT2D eigenvalue weighted by Crippen LogP contribution is 2.29. The molecule has 2 atom stereocenters. The number of carbonyl (C=O) groups excluding carboxylic acids is 2.